The van der Waals surface area contributed by atoms with Crippen molar-refractivity contribution in [3.05, 3.63) is 0 Å². The van der Waals surface area contributed by atoms with Crippen molar-refractivity contribution < 1.29 is 74.4 Å². The van der Waals surface area contributed by atoms with Gasteiger partial charge in [-0.3, -0.25) is 4.79 Å². The summed E-state index contributed by atoms with van der Waals surface area (Å²) in [5.74, 6) is -0.641. The van der Waals surface area contributed by atoms with Gasteiger partial charge in [-0.1, -0.05) is 0 Å². The summed E-state index contributed by atoms with van der Waals surface area (Å²) in [5.41, 5.74) is 0. The Labute approximate surface area is 205 Å². The van der Waals surface area contributed by atoms with Gasteiger partial charge < -0.3 is 75.0 Å². The van der Waals surface area contributed by atoms with E-state index in [1.165, 1.54) is 6.92 Å². The minimum Gasteiger partial charge on any atom is -0.394 e. The van der Waals surface area contributed by atoms with Gasteiger partial charge in [-0.2, -0.15) is 0 Å². The molecule has 1 amide bonds. The molecular formula is C20H35NO15. The Balaban J connectivity index is 1.88. The summed E-state index contributed by atoms with van der Waals surface area (Å²) in [6.07, 6.45) is -21.8. The Hall–Kier alpha value is -1.09. The van der Waals surface area contributed by atoms with Crippen LogP contribution in [0.3, 0.4) is 0 Å². The molecule has 10 N–H and O–H groups in total. The van der Waals surface area contributed by atoms with Gasteiger partial charge in [-0.15, -0.1) is 0 Å². The van der Waals surface area contributed by atoms with Crippen LogP contribution in [0.1, 0.15) is 13.8 Å². The van der Waals surface area contributed by atoms with Crippen LogP contribution in [0.25, 0.3) is 0 Å². The van der Waals surface area contributed by atoms with Gasteiger partial charge >= 0.3 is 0 Å². The molecule has 0 aromatic heterocycles. The molecule has 16 heteroatoms. The number of rotatable bonds is 7. The molecule has 210 valence electrons. The van der Waals surface area contributed by atoms with Crippen molar-refractivity contribution in [3.8, 4) is 0 Å². The summed E-state index contributed by atoms with van der Waals surface area (Å²) >= 11 is 0. The second-order valence-corrected chi connectivity index (χ2v) is 9.05. The molecule has 3 heterocycles. The fraction of sp³-hybridized carbons (Fsp3) is 0.950. The normalized spacial score (nSPS) is 50.0. The Morgan fingerprint density at radius 3 is 1.86 bits per heavy atom. The summed E-state index contributed by atoms with van der Waals surface area (Å²) in [6, 6.07) is -1.38. The molecule has 3 rings (SSSR count). The lowest BCUT2D eigenvalue weighted by Gasteiger charge is -2.49. The fourth-order valence-electron chi connectivity index (χ4n) is 4.43. The van der Waals surface area contributed by atoms with Crippen molar-refractivity contribution in [2.45, 2.75) is 106 Å². The highest BCUT2D eigenvalue weighted by atomic mass is 16.7. The predicted octanol–water partition coefficient (Wildman–Crippen LogP) is -6.40. The van der Waals surface area contributed by atoms with E-state index in [1.807, 2.05) is 0 Å². The standard InChI is InChI=1S/C20H35NO15/c1-5-16(13(28)14(29)18(31)32-5)35-19-9(21-6(2)24)17(11(26)8(4-23)33-19)36-20-15(30)12(27)10(25)7(3-22)34-20/h5,7-20,22-23,25-31H,3-4H2,1-2H3,(H,21,24)/t5-,7-,8+,9+,10+,11+,12+,13-,14+,15-,16-,17+,18?,19-,20-/m0/s1. The summed E-state index contributed by atoms with van der Waals surface area (Å²) < 4.78 is 27.5. The zero-order valence-electron chi connectivity index (χ0n) is 19.5. The molecule has 3 aliphatic heterocycles. The first-order chi connectivity index (χ1) is 16.9. The van der Waals surface area contributed by atoms with E-state index in [0.29, 0.717) is 0 Å². The van der Waals surface area contributed by atoms with E-state index in [9.17, 15) is 50.8 Å². The number of carbonyl (C=O) groups is 1. The number of hydrogen-bond acceptors (Lipinski definition) is 15. The zero-order chi connectivity index (χ0) is 26.9. The van der Waals surface area contributed by atoms with E-state index in [1.54, 1.807) is 0 Å². The third-order valence-electron chi connectivity index (χ3n) is 6.45. The van der Waals surface area contributed by atoms with Crippen molar-refractivity contribution in [3.63, 3.8) is 0 Å². The number of ether oxygens (including phenoxy) is 5. The van der Waals surface area contributed by atoms with E-state index >= 15 is 0 Å². The Morgan fingerprint density at radius 1 is 0.722 bits per heavy atom. The second kappa shape index (κ2) is 12.2. The average Bonchev–Trinajstić information content (AvgIpc) is 2.83. The highest BCUT2D eigenvalue weighted by molar-refractivity contribution is 5.73. The Morgan fingerprint density at radius 2 is 1.28 bits per heavy atom. The molecule has 0 saturated carbocycles. The van der Waals surface area contributed by atoms with Crippen LogP contribution in [-0.4, -0.2) is 157 Å². The summed E-state index contributed by atoms with van der Waals surface area (Å²) in [7, 11) is 0. The van der Waals surface area contributed by atoms with E-state index in [0.717, 1.165) is 6.92 Å². The third-order valence-corrected chi connectivity index (χ3v) is 6.45. The van der Waals surface area contributed by atoms with Crippen molar-refractivity contribution in [1.82, 2.24) is 5.32 Å². The van der Waals surface area contributed by atoms with Gasteiger partial charge in [-0.25, -0.2) is 0 Å². The number of carbonyl (C=O) groups excluding carboxylic acids is 1. The monoisotopic (exact) mass is 529 g/mol. The fourth-order valence-corrected chi connectivity index (χ4v) is 4.43. The number of amides is 1. The van der Waals surface area contributed by atoms with Gasteiger partial charge in [0, 0.05) is 6.92 Å². The number of nitrogens with one attached hydrogen (secondary N) is 1. The third kappa shape index (κ3) is 5.97. The maximum absolute atomic E-state index is 12.0. The minimum atomic E-state index is -1.84. The maximum Gasteiger partial charge on any atom is 0.217 e. The molecule has 3 aliphatic rings. The molecule has 1 unspecified atom stereocenters. The van der Waals surface area contributed by atoms with Crippen LogP contribution in [0.15, 0.2) is 0 Å². The molecule has 16 nitrogen and oxygen atoms in total. The molecule has 3 saturated heterocycles. The van der Waals surface area contributed by atoms with Crippen LogP contribution in [-0.2, 0) is 28.5 Å². The molecule has 0 spiro atoms. The highest BCUT2D eigenvalue weighted by Crippen LogP contribution is 2.32. The SMILES string of the molecule is CC(=O)N[C@H]1[C@H](O[C@@H]2[C@@H](O)[C@@H](O)C(O)O[C@H]2C)O[C@H](CO)[C@@H](O)[C@@H]1O[C@@H]1O[C@@H](CO)[C@@H](O)[C@@H](O)[C@@H]1O. The van der Waals surface area contributed by atoms with Gasteiger partial charge in [0.2, 0.25) is 5.91 Å². The quantitative estimate of drug-likeness (QED) is 0.147. The molecule has 0 radical (unpaired) electrons. The van der Waals surface area contributed by atoms with Crippen LogP contribution in [0, 0.1) is 0 Å². The first kappa shape index (κ1) is 29.5. The molecule has 36 heavy (non-hydrogen) atoms. The van der Waals surface area contributed by atoms with Crippen molar-refractivity contribution in [2.75, 3.05) is 13.2 Å². The highest BCUT2D eigenvalue weighted by Gasteiger charge is 2.53. The first-order valence-corrected chi connectivity index (χ1v) is 11.4. The summed E-state index contributed by atoms with van der Waals surface area (Å²) in [5, 5.41) is 92.9. The van der Waals surface area contributed by atoms with E-state index in [2.05, 4.69) is 5.32 Å². The second-order valence-electron chi connectivity index (χ2n) is 9.05. The van der Waals surface area contributed by atoms with Gasteiger partial charge in [0.05, 0.1) is 19.3 Å². The topological polar surface area (TPSA) is 257 Å². The lowest BCUT2D eigenvalue weighted by atomic mass is 9.94. The van der Waals surface area contributed by atoms with Gasteiger partial charge in [0.15, 0.2) is 18.9 Å². The van der Waals surface area contributed by atoms with Crippen molar-refractivity contribution in [1.29, 1.82) is 0 Å². The average molecular weight is 529 g/mol. The van der Waals surface area contributed by atoms with Gasteiger partial charge in [0.25, 0.3) is 0 Å². The number of aliphatic hydroxyl groups is 9. The maximum atomic E-state index is 12.0. The molecule has 0 aromatic rings. The van der Waals surface area contributed by atoms with Crippen LogP contribution in [0.5, 0.6) is 0 Å². The molecular weight excluding hydrogens is 494 g/mol. The summed E-state index contributed by atoms with van der Waals surface area (Å²) in [4.78, 5) is 12.0. The lowest BCUT2D eigenvalue weighted by Crippen LogP contribution is -2.69. The van der Waals surface area contributed by atoms with Crippen LogP contribution < -0.4 is 5.32 Å². The summed E-state index contributed by atoms with van der Waals surface area (Å²) in [6.45, 7) is 1.06. The van der Waals surface area contributed by atoms with Gasteiger partial charge in [0.1, 0.15) is 67.1 Å². The van der Waals surface area contributed by atoms with E-state index in [4.69, 9.17) is 23.7 Å². The Bertz CT molecular complexity index is 729. The van der Waals surface area contributed by atoms with Crippen LogP contribution in [0.4, 0.5) is 0 Å². The first-order valence-electron chi connectivity index (χ1n) is 11.4. The smallest absolute Gasteiger partial charge is 0.217 e. The van der Waals surface area contributed by atoms with Crippen LogP contribution >= 0.6 is 0 Å². The van der Waals surface area contributed by atoms with E-state index in [-0.39, 0.29) is 0 Å². The molecule has 0 bridgehead atoms. The lowest BCUT2D eigenvalue weighted by molar-refractivity contribution is -0.361. The molecule has 3 fully saturated rings. The molecule has 15 atom stereocenters. The minimum absolute atomic E-state index is 0.641. The van der Waals surface area contributed by atoms with Crippen LogP contribution in [0.2, 0.25) is 0 Å². The number of hydrogen-bond donors (Lipinski definition) is 10. The van der Waals surface area contributed by atoms with Crippen molar-refractivity contribution >= 4 is 5.91 Å². The Kier molecular flexibility index (Phi) is 9.97. The van der Waals surface area contributed by atoms with Gasteiger partial charge in [-0.05, 0) is 6.92 Å². The molecule has 0 aromatic carbocycles. The zero-order valence-corrected chi connectivity index (χ0v) is 19.5. The number of aliphatic hydroxyl groups excluding tert-OH is 9. The van der Waals surface area contributed by atoms with Crippen molar-refractivity contribution in [2.24, 2.45) is 0 Å². The largest absolute Gasteiger partial charge is 0.394 e. The predicted molar refractivity (Wildman–Crippen MR) is 111 cm³/mol. The van der Waals surface area contributed by atoms with E-state index < -0.39 is 111 Å². The molecule has 0 aliphatic carbocycles.